The summed E-state index contributed by atoms with van der Waals surface area (Å²) in [6.07, 6.45) is 0. The lowest BCUT2D eigenvalue weighted by molar-refractivity contribution is -0.0163. The molecule has 0 aromatic carbocycles. The van der Waals surface area contributed by atoms with Gasteiger partial charge in [0, 0.05) is 0 Å². The molecule has 0 unspecified atom stereocenters. The highest BCUT2D eigenvalue weighted by Gasteiger charge is 1.45. The quantitative estimate of drug-likeness (QED) is 0.291. The fourth-order valence-electron chi connectivity index (χ4n) is 0. The van der Waals surface area contributed by atoms with E-state index in [2.05, 4.69) is 0 Å². The van der Waals surface area contributed by atoms with E-state index in [0.29, 0.717) is 0 Å². The molecule has 0 amide bonds. The lowest BCUT2D eigenvalue weighted by atomic mass is 12.7. The number of hydrogen-bond acceptors (Lipinski definition) is 4. The largest absolute Gasteiger partial charge is 0.300 e. The van der Waals surface area contributed by atoms with E-state index >= 15 is 0 Å². The summed E-state index contributed by atoms with van der Waals surface area (Å²) >= 11 is 0. The zero-order valence-electron chi connectivity index (χ0n) is 1.89. The average molecular weight is 64.0 g/mol. The average Bonchev–Trinajstić information content (AvgIpc) is 1.37. The van der Waals surface area contributed by atoms with E-state index in [0.717, 1.165) is 0 Å². The van der Waals surface area contributed by atoms with Gasteiger partial charge < -0.3 is 10.4 Å². The Labute approximate surface area is 22.9 Å². The van der Waals surface area contributed by atoms with E-state index in [4.69, 9.17) is 10.4 Å². The Bertz CT molecular complexity index is 6.00. The van der Waals surface area contributed by atoms with Crippen molar-refractivity contribution >= 4 is 0 Å². The minimum Gasteiger partial charge on any atom is -0.300 e. The van der Waals surface area contributed by atoms with Crippen LogP contribution in [0.15, 0.2) is 0 Å². The molecule has 0 saturated carbocycles. The van der Waals surface area contributed by atoms with E-state index in [1.807, 2.05) is 0 Å². The summed E-state index contributed by atoms with van der Waals surface area (Å²) < 4.78 is 0. The van der Waals surface area contributed by atoms with Crippen LogP contribution >= 0.6 is 0 Å². The van der Waals surface area contributed by atoms with Crippen LogP contribution in [0.1, 0.15) is 0 Å². The standard InChI is InChI=1S/H4N2O2/c3-1-2-4/h1-4H. The molecule has 0 aliphatic carbocycles. The molecule has 0 radical (unpaired) electrons. The van der Waals surface area contributed by atoms with E-state index in [-0.39, 0.29) is 0 Å². The highest BCUT2D eigenvalue weighted by molar-refractivity contribution is 3.54. The molecule has 0 rings (SSSR count). The first-order valence-electron chi connectivity index (χ1n) is 0.697. The van der Waals surface area contributed by atoms with Crippen molar-refractivity contribution in [2.24, 2.45) is 0 Å². The van der Waals surface area contributed by atoms with E-state index < -0.39 is 0 Å². The summed E-state index contributed by atoms with van der Waals surface area (Å²) in [7, 11) is 0. The Kier molecular flexibility index (Phi) is 2.73. The van der Waals surface area contributed by atoms with Crippen molar-refractivity contribution in [2.75, 3.05) is 0 Å². The number of hydrazine groups is 1. The first kappa shape index (κ1) is 3.84. The highest BCUT2D eigenvalue weighted by atomic mass is 16.6. The van der Waals surface area contributed by atoms with Gasteiger partial charge in [0.1, 0.15) is 0 Å². The predicted molar refractivity (Wildman–Crippen MR) is 9.84 cm³/mol. The number of rotatable bonds is 1. The molecule has 0 saturated heterocycles. The summed E-state index contributed by atoms with van der Waals surface area (Å²) in [5.74, 6) is 0. The second-order valence-electron chi connectivity index (χ2n) is 0.224. The van der Waals surface area contributed by atoms with Gasteiger partial charge in [-0.3, -0.25) is 0 Å². The molecule has 0 aliphatic rings. The first-order chi connectivity index (χ1) is 1.91. The van der Waals surface area contributed by atoms with Gasteiger partial charge in [-0.1, -0.05) is 0 Å². The second-order valence-corrected chi connectivity index (χ2v) is 0.224. The van der Waals surface area contributed by atoms with Crippen LogP contribution in [0.4, 0.5) is 0 Å². The Morgan fingerprint density at radius 3 is 1.25 bits per heavy atom. The predicted octanol–water partition coefficient (Wildman–Crippen LogP) is -1.14. The minimum absolute atomic E-state index is 1.24. The molecular weight excluding hydrogens is 60.0 g/mol. The SMILES string of the molecule is ONNO. The highest BCUT2D eigenvalue weighted by Crippen LogP contribution is 1.04. The van der Waals surface area contributed by atoms with E-state index in [9.17, 15) is 0 Å². The van der Waals surface area contributed by atoms with Gasteiger partial charge in [0.05, 0.1) is 0 Å². The van der Waals surface area contributed by atoms with Crippen molar-refractivity contribution < 1.29 is 10.4 Å². The third kappa shape index (κ3) is 1.84. The molecule has 0 fully saturated rings. The van der Waals surface area contributed by atoms with Crippen LogP contribution in [0.3, 0.4) is 0 Å². The van der Waals surface area contributed by atoms with Crippen LogP contribution in [-0.4, -0.2) is 10.4 Å². The van der Waals surface area contributed by atoms with E-state index in [1.54, 1.807) is 0 Å². The summed E-state index contributed by atoms with van der Waals surface area (Å²) in [5.41, 5.74) is 2.47. The minimum atomic E-state index is 1.24. The Balaban J connectivity index is 1.97. The molecule has 0 aromatic heterocycles. The molecule has 0 heterocycles. The smallest absolute Gasteiger partial charge is 0.117 e. The zero-order valence-corrected chi connectivity index (χ0v) is 1.89. The van der Waals surface area contributed by atoms with Crippen molar-refractivity contribution in [1.82, 2.24) is 11.2 Å². The van der Waals surface area contributed by atoms with Gasteiger partial charge in [-0.05, 0) is 0 Å². The Morgan fingerprint density at radius 1 is 1.00 bits per heavy atom. The maximum Gasteiger partial charge on any atom is -0.117 e. The van der Waals surface area contributed by atoms with Crippen molar-refractivity contribution in [3.8, 4) is 0 Å². The second kappa shape index (κ2) is 2.84. The lowest BCUT2D eigenvalue weighted by Crippen LogP contribution is -2.23. The third-order valence-corrected chi connectivity index (χ3v) is 0.0500. The van der Waals surface area contributed by atoms with Crippen molar-refractivity contribution in [3.63, 3.8) is 0 Å². The van der Waals surface area contributed by atoms with Crippen molar-refractivity contribution in [2.45, 2.75) is 0 Å². The van der Waals surface area contributed by atoms with E-state index in [1.165, 1.54) is 11.2 Å². The van der Waals surface area contributed by atoms with Crippen LogP contribution in [0.25, 0.3) is 0 Å². The van der Waals surface area contributed by atoms with Gasteiger partial charge in [-0.25, -0.2) is 0 Å². The van der Waals surface area contributed by atoms with Crippen molar-refractivity contribution in [1.29, 1.82) is 0 Å². The third-order valence-electron chi connectivity index (χ3n) is 0.0500. The van der Waals surface area contributed by atoms with Gasteiger partial charge in [0.2, 0.25) is 0 Å². The van der Waals surface area contributed by atoms with Gasteiger partial charge in [-0.15, -0.1) is 11.2 Å². The maximum atomic E-state index is 7.26. The van der Waals surface area contributed by atoms with Gasteiger partial charge >= 0.3 is 0 Å². The van der Waals surface area contributed by atoms with Crippen LogP contribution in [0.5, 0.6) is 0 Å². The summed E-state index contributed by atoms with van der Waals surface area (Å²) in [6, 6.07) is 0. The van der Waals surface area contributed by atoms with Gasteiger partial charge in [0.25, 0.3) is 0 Å². The fraction of sp³-hybridized carbons (Fsp3) is 0. The normalized spacial score (nSPS) is 7.50. The molecule has 0 bridgehead atoms. The molecule has 4 nitrogen and oxygen atoms in total. The molecule has 0 spiro atoms. The van der Waals surface area contributed by atoms with Gasteiger partial charge in [-0.2, -0.15) is 0 Å². The Morgan fingerprint density at radius 2 is 1.25 bits per heavy atom. The van der Waals surface area contributed by atoms with Crippen LogP contribution < -0.4 is 11.2 Å². The molecule has 0 atom stereocenters. The fourth-order valence-corrected chi connectivity index (χ4v) is 0. The molecule has 4 N–H and O–H groups in total. The summed E-state index contributed by atoms with van der Waals surface area (Å²) in [6.45, 7) is 0. The summed E-state index contributed by atoms with van der Waals surface area (Å²) in [5, 5.41) is 14.5. The van der Waals surface area contributed by atoms with Gasteiger partial charge in [0.15, 0.2) is 0 Å². The Hall–Kier alpha value is -0.160. The van der Waals surface area contributed by atoms with Crippen LogP contribution in [0.2, 0.25) is 0 Å². The maximum absolute atomic E-state index is 7.26. The lowest BCUT2D eigenvalue weighted by Gasteiger charge is -1.79. The topological polar surface area (TPSA) is 64.5 Å². The molecule has 26 valence electrons. The molecule has 4 heteroatoms. The first-order valence-corrected chi connectivity index (χ1v) is 0.697. The zero-order chi connectivity index (χ0) is 3.41. The molecule has 0 aromatic rings. The molecule has 0 aliphatic heterocycles. The number of hydrogen-bond donors (Lipinski definition) is 4. The molecule has 4 heavy (non-hydrogen) atoms. The molecular formula is H4N2O2. The van der Waals surface area contributed by atoms with Crippen molar-refractivity contribution in [3.05, 3.63) is 0 Å². The van der Waals surface area contributed by atoms with Crippen LogP contribution in [0, 0.1) is 0 Å². The number of nitrogens with one attached hydrogen (secondary N) is 2. The monoisotopic (exact) mass is 64.0 g/mol. The summed E-state index contributed by atoms with van der Waals surface area (Å²) in [4.78, 5) is 0. The van der Waals surface area contributed by atoms with Crippen LogP contribution in [-0.2, 0) is 0 Å².